The summed E-state index contributed by atoms with van der Waals surface area (Å²) in [4.78, 5) is 47.1. The van der Waals surface area contributed by atoms with Gasteiger partial charge in [-0.05, 0) is 123 Å². The summed E-state index contributed by atoms with van der Waals surface area (Å²) >= 11 is 0. The average molecular weight is 904 g/mol. The summed E-state index contributed by atoms with van der Waals surface area (Å²) < 4.78 is 68.8. The maximum atomic E-state index is 15.8. The Hall–Kier alpha value is -6.40. The highest BCUT2D eigenvalue weighted by Crippen LogP contribution is 2.56. The number of ether oxygens (including phenoxy) is 1. The Morgan fingerprint density at radius 3 is 2.42 bits per heavy atom. The largest absolute Gasteiger partial charge is 0.438 e. The van der Waals surface area contributed by atoms with Crippen molar-refractivity contribution in [2.24, 2.45) is 5.92 Å². The van der Waals surface area contributed by atoms with E-state index >= 15 is 13.6 Å². The van der Waals surface area contributed by atoms with Gasteiger partial charge in [0, 0.05) is 60.8 Å². The Morgan fingerprint density at radius 1 is 0.954 bits per heavy atom. The van der Waals surface area contributed by atoms with Crippen molar-refractivity contribution >= 4 is 26.5 Å². The summed E-state index contributed by atoms with van der Waals surface area (Å²) in [5.74, 6) is -1.08. The van der Waals surface area contributed by atoms with Crippen molar-refractivity contribution in [2.45, 2.75) is 87.6 Å². The number of benzene rings is 3. The summed E-state index contributed by atoms with van der Waals surface area (Å²) in [6.45, 7) is 7.17. The predicted molar refractivity (Wildman–Crippen MR) is 236 cm³/mol. The van der Waals surface area contributed by atoms with Crippen LogP contribution >= 0.6 is 0 Å². The molecule has 1 unspecified atom stereocenters. The molecule has 15 nitrogen and oxygen atoms in total. The second kappa shape index (κ2) is 15.1. The molecule has 7 aromatic rings. The first kappa shape index (κ1) is 41.3. The van der Waals surface area contributed by atoms with Gasteiger partial charge in [0.2, 0.25) is 0 Å². The van der Waals surface area contributed by atoms with Gasteiger partial charge in [0.1, 0.15) is 28.7 Å². The Kier molecular flexibility index (Phi) is 9.59. The van der Waals surface area contributed by atoms with E-state index in [0.29, 0.717) is 71.8 Å². The van der Waals surface area contributed by atoms with E-state index in [1.807, 2.05) is 30.5 Å². The third kappa shape index (κ3) is 6.57. The van der Waals surface area contributed by atoms with Crippen LogP contribution < -0.4 is 11.4 Å². The number of hydrogen-bond donors (Lipinski definition) is 2. The Balaban J connectivity index is 1.05. The van der Waals surface area contributed by atoms with E-state index < -0.39 is 38.6 Å². The van der Waals surface area contributed by atoms with E-state index in [4.69, 9.17) is 19.1 Å². The number of hydrogen-bond acceptors (Lipinski definition) is 9. The third-order valence-corrected chi connectivity index (χ3v) is 16.0. The Morgan fingerprint density at radius 2 is 1.72 bits per heavy atom. The van der Waals surface area contributed by atoms with Crippen molar-refractivity contribution < 1.29 is 27.0 Å². The molecule has 18 heteroatoms. The van der Waals surface area contributed by atoms with Gasteiger partial charge in [-0.1, -0.05) is 25.1 Å². The number of fused-ring (bicyclic) bond motifs is 2. The zero-order chi connectivity index (χ0) is 45.1. The zero-order valence-corrected chi connectivity index (χ0v) is 36.9. The molecule has 2 aliphatic heterocycles. The van der Waals surface area contributed by atoms with E-state index in [0.717, 1.165) is 52.8 Å². The lowest BCUT2D eigenvalue weighted by Crippen LogP contribution is -2.41. The maximum Gasteiger partial charge on any atom is 0.438 e. The summed E-state index contributed by atoms with van der Waals surface area (Å²) in [5, 5.41) is 10.1. The van der Waals surface area contributed by atoms with Crippen LogP contribution in [0.4, 0.5) is 8.78 Å². The van der Waals surface area contributed by atoms with Crippen LogP contribution in [0.1, 0.15) is 109 Å². The van der Waals surface area contributed by atoms with Crippen LogP contribution in [0.2, 0.25) is 0 Å². The predicted octanol–water partition coefficient (Wildman–Crippen LogP) is 7.46. The molecule has 0 radical (unpaired) electrons. The lowest BCUT2D eigenvalue weighted by atomic mass is 9.91. The highest BCUT2D eigenvalue weighted by molar-refractivity contribution is 7.92. The first-order valence-corrected chi connectivity index (χ1v) is 23.9. The summed E-state index contributed by atoms with van der Waals surface area (Å²) in [5.41, 5.74) is 3.08. The SMILES string of the molecule is CCS(=N)(=O)c1ccc(-n2ccn(-c3c4c(nn3-c3ccc(F)c(C5CC5)c3)CCN(C(=O)c3cc5cc(C6CCOCC6)ccc5n3[C@@]3(c5noc(=O)[nH]5)C[C@@H]3C)[C@H]4C)c2=O)c(F)c1. The Labute approximate surface area is 371 Å². The lowest BCUT2D eigenvalue weighted by Gasteiger charge is -2.34. The topological polar surface area (TPSA) is 179 Å². The molecule has 6 heterocycles. The zero-order valence-electron chi connectivity index (χ0n) is 36.1. The second-order valence-corrected chi connectivity index (χ2v) is 20.3. The van der Waals surface area contributed by atoms with Crippen LogP contribution in [0, 0.1) is 22.3 Å². The number of halogens is 2. The smallest absolute Gasteiger partial charge is 0.381 e. The van der Waals surface area contributed by atoms with Crippen LogP contribution in [-0.4, -0.2) is 74.1 Å². The van der Waals surface area contributed by atoms with Crippen LogP contribution in [0.25, 0.3) is 28.1 Å². The molecule has 0 bridgehead atoms. The van der Waals surface area contributed by atoms with Gasteiger partial charge in [0.25, 0.3) is 5.91 Å². The van der Waals surface area contributed by atoms with E-state index in [1.54, 1.807) is 28.6 Å². The van der Waals surface area contributed by atoms with E-state index in [-0.39, 0.29) is 46.4 Å². The molecule has 4 aromatic heterocycles. The number of amides is 1. The quantitative estimate of drug-likeness (QED) is 0.142. The molecule has 2 aliphatic carbocycles. The summed E-state index contributed by atoms with van der Waals surface area (Å²) in [6, 6.07) is 16.1. The van der Waals surface area contributed by atoms with Crippen LogP contribution in [0.5, 0.6) is 0 Å². The van der Waals surface area contributed by atoms with Crippen molar-refractivity contribution in [1.29, 1.82) is 4.78 Å². The number of H-pyrrole nitrogens is 1. The molecule has 4 aliphatic rings. The van der Waals surface area contributed by atoms with Crippen LogP contribution in [0.15, 0.2) is 92.1 Å². The number of carbonyl (C=O) groups is 1. The molecule has 2 N–H and O–H groups in total. The molecule has 0 spiro atoms. The van der Waals surface area contributed by atoms with Crippen molar-refractivity contribution in [2.75, 3.05) is 25.5 Å². The summed E-state index contributed by atoms with van der Waals surface area (Å²) in [6.07, 6.45) is 7.36. The molecule has 1 saturated heterocycles. The molecular weight excluding hydrogens is 857 g/mol. The third-order valence-electron chi connectivity index (χ3n) is 14.2. The van der Waals surface area contributed by atoms with Gasteiger partial charge >= 0.3 is 11.4 Å². The van der Waals surface area contributed by atoms with E-state index in [9.17, 15) is 13.8 Å². The molecule has 3 fully saturated rings. The lowest BCUT2D eigenvalue weighted by molar-refractivity contribution is 0.0663. The Bertz CT molecular complexity index is 3310. The first-order chi connectivity index (χ1) is 31.3. The second-order valence-electron chi connectivity index (χ2n) is 17.9. The van der Waals surface area contributed by atoms with Crippen molar-refractivity contribution in [3.63, 3.8) is 0 Å². The number of aromatic nitrogens is 7. The molecule has 336 valence electrons. The van der Waals surface area contributed by atoms with Gasteiger partial charge in [-0.2, -0.15) is 5.10 Å². The van der Waals surface area contributed by atoms with E-state index in [1.165, 1.54) is 35.2 Å². The van der Waals surface area contributed by atoms with Gasteiger partial charge in [-0.25, -0.2) is 32.0 Å². The van der Waals surface area contributed by atoms with Crippen molar-refractivity contribution in [3.05, 3.63) is 140 Å². The van der Waals surface area contributed by atoms with Gasteiger partial charge < -0.3 is 14.2 Å². The first-order valence-electron chi connectivity index (χ1n) is 22.2. The minimum absolute atomic E-state index is 0.00299. The number of rotatable bonds is 10. The molecule has 65 heavy (non-hydrogen) atoms. The number of nitrogens with one attached hydrogen (secondary N) is 2. The highest BCUT2D eigenvalue weighted by atomic mass is 32.2. The van der Waals surface area contributed by atoms with Crippen LogP contribution in [0.3, 0.4) is 0 Å². The van der Waals surface area contributed by atoms with Crippen molar-refractivity contribution in [1.82, 2.24) is 38.5 Å². The minimum atomic E-state index is -3.22. The number of carbonyl (C=O) groups excluding carboxylic acids is 1. The molecule has 2 saturated carbocycles. The van der Waals surface area contributed by atoms with Gasteiger partial charge in [-0.3, -0.25) is 23.4 Å². The van der Waals surface area contributed by atoms with Crippen molar-refractivity contribution in [3.8, 4) is 17.2 Å². The molecule has 3 aromatic carbocycles. The maximum absolute atomic E-state index is 15.8. The molecule has 1 amide bonds. The van der Waals surface area contributed by atoms with Crippen LogP contribution in [-0.2, 0) is 26.4 Å². The fourth-order valence-electron chi connectivity index (χ4n) is 10.3. The average Bonchev–Trinajstić information content (AvgIpc) is 4.02. The normalized spacial score (nSPS) is 22.0. The van der Waals surface area contributed by atoms with Gasteiger partial charge in [0.15, 0.2) is 5.82 Å². The molecular formula is C47H47F2N9O6S. The minimum Gasteiger partial charge on any atom is -0.381 e. The fraction of sp³-hybridized carbons (Fsp3) is 0.383. The molecule has 4 atom stereocenters. The van der Waals surface area contributed by atoms with E-state index in [2.05, 4.69) is 22.3 Å². The van der Waals surface area contributed by atoms with Gasteiger partial charge in [0.05, 0.1) is 37.7 Å². The molecule has 11 rings (SSSR count). The fourth-order valence-corrected chi connectivity index (χ4v) is 11.2. The number of aromatic amines is 1. The standard InChI is InChI=1S/C47H47F2N9O6S/c1-4-65(50,62)33-9-12-39(36(49)24-33)55-17-18-56(46(55)61)42-41-27(3)54(16-13-37(41)52-58(42)32-8-10-35(48)34(23-32)29-5-6-29)43(59)40-22-31-21-30(28-14-19-63-20-15-28)7-11-38(31)57(40)47(25-26(47)2)44-51-45(60)64-53-44/h7-12,17-18,21-24,26-29,50H,4-6,13-16,19-20,25H2,1-3H3,(H,51,53,60)/t26-,27-,47-,65?/m0/s1. The summed E-state index contributed by atoms with van der Waals surface area (Å²) in [7, 11) is -3.22. The monoisotopic (exact) mass is 903 g/mol. The van der Waals surface area contributed by atoms with Gasteiger partial charge in [-0.15, -0.1) is 0 Å². The number of imidazole rings is 1. The highest BCUT2D eigenvalue weighted by Gasteiger charge is 2.59. The number of nitrogens with zero attached hydrogens (tertiary/aromatic N) is 7.